The van der Waals surface area contributed by atoms with Gasteiger partial charge in [0.25, 0.3) is 0 Å². The van der Waals surface area contributed by atoms with Gasteiger partial charge in [0.05, 0.1) is 6.10 Å². The second kappa shape index (κ2) is 5.87. The van der Waals surface area contributed by atoms with E-state index in [0.29, 0.717) is 0 Å². The van der Waals surface area contributed by atoms with E-state index in [9.17, 15) is 0 Å². The molecule has 0 bridgehead atoms. The minimum absolute atomic E-state index is 0.197. The molecule has 4 heteroatoms. The van der Waals surface area contributed by atoms with E-state index >= 15 is 0 Å². The molecule has 0 fully saturated rings. The molecule has 2 N–H and O–H groups in total. The lowest BCUT2D eigenvalue weighted by molar-refractivity contribution is 0.242. The van der Waals surface area contributed by atoms with Crippen LogP contribution in [0.4, 0.5) is 5.69 Å². The van der Waals surface area contributed by atoms with Crippen molar-refractivity contribution < 1.29 is 4.74 Å². The Balaban J connectivity index is 1.67. The summed E-state index contributed by atoms with van der Waals surface area (Å²) in [4.78, 5) is 7.48. The van der Waals surface area contributed by atoms with Crippen LogP contribution in [0.3, 0.4) is 0 Å². The van der Waals surface area contributed by atoms with Crippen molar-refractivity contribution in [1.82, 2.24) is 9.97 Å². The predicted octanol–water partition coefficient (Wildman–Crippen LogP) is 3.96. The van der Waals surface area contributed by atoms with Crippen molar-refractivity contribution in [1.29, 1.82) is 0 Å². The van der Waals surface area contributed by atoms with Crippen LogP contribution in [0, 0.1) is 0 Å². The van der Waals surface area contributed by atoms with Gasteiger partial charge >= 0.3 is 0 Å². The first-order valence-electron chi connectivity index (χ1n) is 7.14. The molecule has 2 aromatic heterocycles. The zero-order chi connectivity index (χ0) is 14.7. The number of H-pyrrole nitrogens is 1. The number of aromatic nitrogens is 2. The summed E-state index contributed by atoms with van der Waals surface area (Å²) >= 11 is 0. The Morgan fingerprint density at radius 3 is 2.76 bits per heavy atom. The Bertz CT molecular complexity index is 716. The highest BCUT2D eigenvalue weighted by molar-refractivity contribution is 5.79. The molecule has 21 heavy (non-hydrogen) atoms. The molecular formula is C17H19N3O. The molecule has 0 aliphatic carbocycles. The van der Waals surface area contributed by atoms with Gasteiger partial charge in [-0.1, -0.05) is 0 Å². The van der Waals surface area contributed by atoms with Crippen LogP contribution in [-0.4, -0.2) is 16.1 Å². The van der Waals surface area contributed by atoms with Crippen LogP contribution < -0.4 is 10.1 Å². The van der Waals surface area contributed by atoms with Crippen molar-refractivity contribution in [3.05, 3.63) is 54.4 Å². The molecule has 3 rings (SSSR count). The third-order valence-electron chi connectivity index (χ3n) is 3.25. The van der Waals surface area contributed by atoms with Crippen molar-refractivity contribution in [2.45, 2.75) is 26.5 Å². The number of anilines is 1. The molecular weight excluding hydrogens is 262 g/mol. The lowest BCUT2D eigenvalue weighted by Crippen LogP contribution is -2.05. The maximum absolute atomic E-state index is 5.64. The summed E-state index contributed by atoms with van der Waals surface area (Å²) in [6.07, 6.45) is 3.99. The van der Waals surface area contributed by atoms with E-state index < -0.39 is 0 Å². The topological polar surface area (TPSA) is 49.9 Å². The number of nitrogens with one attached hydrogen (secondary N) is 2. The zero-order valence-electron chi connectivity index (χ0n) is 12.3. The number of aromatic amines is 1. The number of rotatable bonds is 5. The third-order valence-corrected chi connectivity index (χ3v) is 3.25. The van der Waals surface area contributed by atoms with Crippen LogP contribution in [-0.2, 0) is 6.54 Å². The van der Waals surface area contributed by atoms with Gasteiger partial charge in [-0.25, -0.2) is 4.98 Å². The summed E-state index contributed by atoms with van der Waals surface area (Å²) in [6.45, 7) is 4.81. The van der Waals surface area contributed by atoms with Gasteiger partial charge in [-0.15, -0.1) is 0 Å². The molecule has 108 valence electrons. The lowest BCUT2D eigenvalue weighted by Gasteiger charge is -2.11. The second-order valence-corrected chi connectivity index (χ2v) is 5.26. The van der Waals surface area contributed by atoms with Crippen LogP contribution in [0.25, 0.3) is 11.0 Å². The maximum atomic E-state index is 5.64. The number of pyridine rings is 1. The van der Waals surface area contributed by atoms with Gasteiger partial charge in [-0.3, -0.25) is 0 Å². The number of ether oxygens (including phenoxy) is 1. The fraction of sp³-hybridized carbons (Fsp3) is 0.235. The highest BCUT2D eigenvalue weighted by atomic mass is 16.5. The average molecular weight is 281 g/mol. The number of hydrogen-bond donors (Lipinski definition) is 2. The molecule has 0 atom stereocenters. The standard InChI is InChI=1S/C17H19N3O/c1-12(2)21-15-7-5-14(6-8-15)19-10-13-11-20-17-16(13)4-3-9-18-17/h3-9,11-12,19H,10H2,1-2H3,(H,18,20). The van der Waals surface area contributed by atoms with Crippen molar-refractivity contribution in [3.8, 4) is 5.75 Å². The lowest BCUT2D eigenvalue weighted by atomic mass is 10.2. The van der Waals surface area contributed by atoms with Crippen molar-refractivity contribution >= 4 is 16.7 Å². The number of hydrogen-bond acceptors (Lipinski definition) is 3. The minimum atomic E-state index is 0.197. The number of nitrogens with zero attached hydrogens (tertiary/aromatic N) is 1. The third kappa shape index (κ3) is 3.16. The minimum Gasteiger partial charge on any atom is -0.491 e. The van der Waals surface area contributed by atoms with E-state index in [4.69, 9.17) is 4.74 Å². The molecule has 0 amide bonds. The summed E-state index contributed by atoms with van der Waals surface area (Å²) in [7, 11) is 0. The van der Waals surface area contributed by atoms with Crippen LogP contribution in [0.2, 0.25) is 0 Å². The molecule has 0 saturated carbocycles. The van der Waals surface area contributed by atoms with Crippen LogP contribution >= 0.6 is 0 Å². The monoisotopic (exact) mass is 281 g/mol. The van der Waals surface area contributed by atoms with E-state index in [1.807, 2.05) is 50.4 Å². The summed E-state index contributed by atoms with van der Waals surface area (Å²) in [5.74, 6) is 0.895. The van der Waals surface area contributed by atoms with Gasteiger partial charge in [-0.05, 0) is 55.8 Å². The van der Waals surface area contributed by atoms with Crippen LogP contribution in [0.15, 0.2) is 48.8 Å². The molecule has 0 radical (unpaired) electrons. The van der Waals surface area contributed by atoms with Crippen molar-refractivity contribution in [2.24, 2.45) is 0 Å². The van der Waals surface area contributed by atoms with Gasteiger partial charge in [0, 0.05) is 30.0 Å². The maximum Gasteiger partial charge on any atom is 0.137 e. The van der Waals surface area contributed by atoms with Gasteiger partial charge in [0.15, 0.2) is 0 Å². The first-order chi connectivity index (χ1) is 10.2. The molecule has 0 saturated heterocycles. The quantitative estimate of drug-likeness (QED) is 0.744. The highest BCUT2D eigenvalue weighted by Gasteiger charge is 2.04. The summed E-state index contributed by atoms with van der Waals surface area (Å²) in [5, 5.41) is 4.57. The Hall–Kier alpha value is -2.49. The molecule has 2 heterocycles. The van der Waals surface area contributed by atoms with Crippen LogP contribution in [0.5, 0.6) is 5.75 Å². The second-order valence-electron chi connectivity index (χ2n) is 5.26. The summed E-state index contributed by atoms with van der Waals surface area (Å²) in [5.41, 5.74) is 3.21. The zero-order valence-corrected chi connectivity index (χ0v) is 12.3. The van der Waals surface area contributed by atoms with Gasteiger partial charge in [0.2, 0.25) is 0 Å². The molecule has 3 aromatic rings. The van der Waals surface area contributed by atoms with E-state index in [0.717, 1.165) is 29.0 Å². The largest absolute Gasteiger partial charge is 0.491 e. The average Bonchev–Trinajstić information content (AvgIpc) is 2.89. The number of fused-ring (bicyclic) bond motifs is 1. The molecule has 0 spiro atoms. The van der Waals surface area contributed by atoms with Gasteiger partial charge in [-0.2, -0.15) is 0 Å². The first kappa shape index (κ1) is 13.5. The molecule has 4 nitrogen and oxygen atoms in total. The fourth-order valence-corrected chi connectivity index (χ4v) is 2.28. The normalized spacial score (nSPS) is 11.0. The van der Waals surface area contributed by atoms with Crippen LogP contribution in [0.1, 0.15) is 19.4 Å². The Morgan fingerprint density at radius 1 is 1.19 bits per heavy atom. The molecule has 0 aliphatic heterocycles. The summed E-state index contributed by atoms with van der Waals surface area (Å²) < 4.78 is 5.64. The fourth-order valence-electron chi connectivity index (χ4n) is 2.28. The number of benzene rings is 1. The molecule has 1 aromatic carbocycles. The van der Waals surface area contributed by atoms with Gasteiger partial charge < -0.3 is 15.0 Å². The van der Waals surface area contributed by atoms with Gasteiger partial charge in [0.1, 0.15) is 11.4 Å². The summed E-state index contributed by atoms with van der Waals surface area (Å²) in [6, 6.07) is 12.1. The van der Waals surface area contributed by atoms with Crippen molar-refractivity contribution in [3.63, 3.8) is 0 Å². The Kier molecular flexibility index (Phi) is 3.77. The molecule has 0 unspecified atom stereocenters. The SMILES string of the molecule is CC(C)Oc1ccc(NCc2c[nH]c3ncccc23)cc1. The van der Waals surface area contributed by atoms with E-state index in [-0.39, 0.29) is 6.10 Å². The predicted molar refractivity (Wildman–Crippen MR) is 85.6 cm³/mol. The Morgan fingerprint density at radius 2 is 2.00 bits per heavy atom. The smallest absolute Gasteiger partial charge is 0.137 e. The Labute approximate surface area is 124 Å². The molecule has 0 aliphatic rings. The first-order valence-corrected chi connectivity index (χ1v) is 7.14. The highest BCUT2D eigenvalue weighted by Crippen LogP contribution is 2.20. The van der Waals surface area contributed by atoms with Crippen molar-refractivity contribution in [2.75, 3.05) is 5.32 Å². The van der Waals surface area contributed by atoms with E-state index in [2.05, 4.69) is 21.4 Å². The van der Waals surface area contributed by atoms with E-state index in [1.165, 1.54) is 5.56 Å². The van der Waals surface area contributed by atoms with E-state index in [1.54, 1.807) is 6.20 Å².